The van der Waals surface area contributed by atoms with E-state index in [4.69, 9.17) is 18.0 Å². The first kappa shape index (κ1) is 9.76. The molecule has 0 atom stereocenters. The molecule has 1 aromatic carbocycles. The van der Waals surface area contributed by atoms with Crippen LogP contribution in [0.5, 0.6) is 0 Å². The fraction of sp³-hybridized carbons (Fsp3) is 0.100. The maximum atomic E-state index is 13.1. The molecule has 1 aromatic rings. The molecule has 13 heavy (non-hydrogen) atoms. The summed E-state index contributed by atoms with van der Waals surface area (Å²) in [6, 6.07) is 4.47. The molecule has 1 nitrogen and oxygen atoms in total. The number of terminal acetylenes is 1. The van der Waals surface area contributed by atoms with Crippen LogP contribution in [-0.4, -0.2) is 5.78 Å². The Morgan fingerprint density at radius 3 is 2.92 bits per heavy atom. The maximum absolute atomic E-state index is 13.1. The van der Waals surface area contributed by atoms with Crippen molar-refractivity contribution in [1.82, 2.24) is 0 Å². The van der Waals surface area contributed by atoms with E-state index in [1.54, 1.807) is 6.07 Å². The van der Waals surface area contributed by atoms with Crippen LogP contribution in [0.4, 0.5) is 4.39 Å². The van der Waals surface area contributed by atoms with Gasteiger partial charge in [0.1, 0.15) is 5.82 Å². The molecule has 0 aliphatic heterocycles. The molecule has 0 fully saturated rings. The van der Waals surface area contributed by atoms with E-state index >= 15 is 0 Å². The Labute approximate surface area is 80.5 Å². The molecule has 0 saturated heterocycles. The van der Waals surface area contributed by atoms with Gasteiger partial charge in [-0.2, -0.15) is 0 Å². The summed E-state index contributed by atoms with van der Waals surface area (Å²) >= 11 is 5.50. The largest absolute Gasteiger partial charge is 0.285 e. The van der Waals surface area contributed by atoms with E-state index < -0.39 is 11.6 Å². The molecule has 0 unspecified atom stereocenters. The van der Waals surface area contributed by atoms with Gasteiger partial charge in [-0.3, -0.25) is 4.79 Å². The van der Waals surface area contributed by atoms with Crippen LogP contribution in [0.2, 0.25) is 5.02 Å². The van der Waals surface area contributed by atoms with Crippen molar-refractivity contribution < 1.29 is 9.18 Å². The van der Waals surface area contributed by atoms with E-state index in [-0.39, 0.29) is 17.0 Å². The lowest BCUT2D eigenvalue weighted by Gasteiger charge is -2.00. The van der Waals surface area contributed by atoms with Gasteiger partial charge in [0.05, 0.1) is 5.02 Å². The highest BCUT2D eigenvalue weighted by Crippen LogP contribution is 2.18. The molecule has 0 aromatic heterocycles. The predicted octanol–water partition coefficient (Wildman–Crippen LogP) is 2.22. The summed E-state index contributed by atoms with van der Waals surface area (Å²) in [5.41, 5.74) is 0.232. The van der Waals surface area contributed by atoms with Crippen molar-refractivity contribution in [2.24, 2.45) is 0 Å². The first-order valence-electron chi connectivity index (χ1n) is 3.57. The van der Waals surface area contributed by atoms with Gasteiger partial charge in [-0.15, -0.1) is 6.42 Å². The van der Waals surface area contributed by atoms with E-state index in [1.807, 2.05) is 5.92 Å². The van der Waals surface area contributed by atoms with Crippen LogP contribution in [0.3, 0.4) is 0 Å². The van der Waals surface area contributed by atoms with Gasteiger partial charge in [0.2, 0.25) is 5.78 Å². The maximum Gasteiger partial charge on any atom is 0.209 e. The molecule has 0 spiro atoms. The fourth-order valence-corrected chi connectivity index (χ4v) is 1.10. The minimum atomic E-state index is -0.576. The number of halogens is 2. The second-order valence-electron chi connectivity index (χ2n) is 2.46. The van der Waals surface area contributed by atoms with E-state index in [9.17, 15) is 9.18 Å². The molecule has 0 saturated carbocycles. The van der Waals surface area contributed by atoms with Gasteiger partial charge >= 0.3 is 0 Å². The zero-order chi connectivity index (χ0) is 9.84. The van der Waals surface area contributed by atoms with E-state index in [2.05, 4.69) is 0 Å². The highest BCUT2D eigenvalue weighted by Gasteiger charge is 2.08. The zero-order valence-electron chi connectivity index (χ0n) is 6.68. The Hall–Kier alpha value is -1.33. The van der Waals surface area contributed by atoms with Crippen molar-refractivity contribution in [1.29, 1.82) is 0 Å². The average Bonchev–Trinajstić information content (AvgIpc) is 2.13. The topological polar surface area (TPSA) is 17.1 Å². The molecule has 0 heterocycles. The van der Waals surface area contributed by atoms with Gasteiger partial charge in [0, 0.05) is 6.42 Å². The molecular formula is C10H6ClFO. The van der Waals surface area contributed by atoms with Gasteiger partial charge in [-0.1, -0.05) is 23.7 Å². The average molecular weight is 197 g/mol. The van der Waals surface area contributed by atoms with Gasteiger partial charge in [-0.05, 0) is 17.6 Å². The highest BCUT2D eigenvalue weighted by atomic mass is 35.5. The van der Waals surface area contributed by atoms with Crippen molar-refractivity contribution in [3.8, 4) is 12.3 Å². The van der Waals surface area contributed by atoms with Crippen LogP contribution in [0.1, 0.15) is 5.56 Å². The summed E-state index contributed by atoms with van der Waals surface area (Å²) in [6.45, 7) is 0. The zero-order valence-corrected chi connectivity index (χ0v) is 7.44. The fourth-order valence-electron chi connectivity index (χ4n) is 0.909. The summed E-state index contributed by atoms with van der Waals surface area (Å²) in [6.07, 6.45) is 4.74. The van der Waals surface area contributed by atoms with Crippen LogP contribution in [-0.2, 0) is 11.2 Å². The molecule has 0 radical (unpaired) electrons. The standard InChI is InChI=1S/C10H6ClFO/c1-2-8(13)6-7-4-3-5-9(11)10(7)12/h1,3-5H,6H2. The number of hydrogen-bond acceptors (Lipinski definition) is 1. The lowest BCUT2D eigenvalue weighted by Crippen LogP contribution is -2.01. The second kappa shape index (κ2) is 4.06. The first-order valence-corrected chi connectivity index (χ1v) is 3.95. The molecule has 1 rings (SSSR count). The van der Waals surface area contributed by atoms with Gasteiger partial charge < -0.3 is 0 Å². The Kier molecular flexibility index (Phi) is 3.05. The van der Waals surface area contributed by atoms with Crippen molar-refractivity contribution in [2.75, 3.05) is 0 Å². The van der Waals surface area contributed by atoms with Crippen molar-refractivity contribution in [2.45, 2.75) is 6.42 Å². The Bertz CT molecular complexity index is 379. The Morgan fingerprint density at radius 1 is 1.62 bits per heavy atom. The summed E-state index contributed by atoms with van der Waals surface area (Å²) < 4.78 is 13.1. The van der Waals surface area contributed by atoms with Crippen LogP contribution in [0.15, 0.2) is 18.2 Å². The van der Waals surface area contributed by atoms with Crippen LogP contribution in [0.25, 0.3) is 0 Å². The van der Waals surface area contributed by atoms with E-state index in [1.165, 1.54) is 12.1 Å². The van der Waals surface area contributed by atoms with Gasteiger partial charge in [0.15, 0.2) is 0 Å². The minimum Gasteiger partial charge on any atom is -0.285 e. The highest BCUT2D eigenvalue weighted by molar-refractivity contribution is 6.30. The third-order valence-electron chi connectivity index (χ3n) is 1.54. The third-order valence-corrected chi connectivity index (χ3v) is 1.84. The van der Waals surface area contributed by atoms with Crippen LogP contribution in [0, 0.1) is 18.2 Å². The summed E-state index contributed by atoms with van der Waals surface area (Å²) in [7, 11) is 0. The first-order chi connectivity index (χ1) is 6.15. The molecular weight excluding hydrogens is 191 g/mol. The monoisotopic (exact) mass is 196 g/mol. The Morgan fingerprint density at radius 2 is 2.31 bits per heavy atom. The normalized spacial score (nSPS) is 9.31. The van der Waals surface area contributed by atoms with Crippen molar-refractivity contribution >= 4 is 17.4 Å². The number of carbonyl (C=O) groups excluding carboxylic acids is 1. The van der Waals surface area contributed by atoms with Gasteiger partial charge in [0.25, 0.3) is 0 Å². The number of ketones is 1. The molecule has 3 heteroatoms. The molecule has 0 aliphatic carbocycles. The quantitative estimate of drug-likeness (QED) is 0.524. The van der Waals surface area contributed by atoms with E-state index in [0.717, 1.165) is 0 Å². The van der Waals surface area contributed by atoms with E-state index in [0.29, 0.717) is 0 Å². The van der Waals surface area contributed by atoms with Crippen LogP contribution < -0.4 is 0 Å². The van der Waals surface area contributed by atoms with Crippen LogP contribution >= 0.6 is 11.6 Å². The summed E-state index contributed by atoms with van der Waals surface area (Å²) in [4.78, 5) is 10.8. The molecule has 0 aliphatic rings. The predicted molar refractivity (Wildman–Crippen MR) is 49.0 cm³/mol. The number of Topliss-reactive ketones (excluding diaryl/α,β-unsaturated/α-hetero) is 1. The Balaban J connectivity index is 2.97. The molecule has 0 bridgehead atoms. The lowest BCUT2D eigenvalue weighted by molar-refractivity contribution is -0.113. The lowest BCUT2D eigenvalue weighted by atomic mass is 10.1. The summed E-state index contributed by atoms with van der Waals surface area (Å²) in [5, 5.41) is 0.00215. The molecule has 0 amide bonds. The number of carbonyl (C=O) groups is 1. The number of rotatable bonds is 2. The van der Waals surface area contributed by atoms with Crippen molar-refractivity contribution in [3.63, 3.8) is 0 Å². The summed E-state index contributed by atoms with van der Waals surface area (Å²) in [5.74, 6) is 0.878. The minimum absolute atomic E-state index is 0.00215. The SMILES string of the molecule is C#CC(=O)Cc1cccc(Cl)c1F. The number of hydrogen-bond donors (Lipinski definition) is 0. The number of benzene rings is 1. The third kappa shape index (κ3) is 2.30. The smallest absolute Gasteiger partial charge is 0.209 e. The molecule has 0 N–H and O–H groups in total. The molecule has 66 valence electrons. The second-order valence-corrected chi connectivity index (χ2v) is 2.86. The van der Waals surface area contributed by atoms with Gasteiger partial charge in [-0.25, -0.2) is 4.39 Å². The van der Waals surface area contributed by atoms with Crippen molar-refractivity contribution in [3.05, 3.63) is 34.6 Å².